The van der Waals surface area contributed by atoms with E-state index in [0.717, 1.165) is 70.6 Å². The topological polar surface area (TPSA) is 61.8 Å². The largest absolute Gasteiger partial charge is 0.462 e. The van der Waals surface area contributed by atoms with E-state index in [1.165, 1.54) is 186 Å². The van der Waals surface area contributed by atoms with Crippen molar-refractivity contribution in [2.45, 2.75) is 297 Å². The Morgan fingerprint density at radius 1 is 0.359 bits per heavy atom. The van der Waals surface area contributed by atoms with E-state index < -0.39 is 6.10 Å². The summed E-state index contributed by atoms with van der Waals surface area (Å²) in [4.78, 5) is 25.5. The predicted molar refractivity (Wildman–Crippen MR) is 279 cm³/mol. The van der Waals surface area contributed by atoms with Crippen LogP contribution in [0, 0.1) is 0 Å². The van der Waals surface area contributed by atoms with E-state index in [4.69, 9.17) is 14.2 Å². The fourth-order valence-electron chi connectivity index (χ4n) is 8.17. The molecule has 5 nitrogen and oxygen atoms in total. The Hall–Kier alpha value is -2.14. The highest BCUT2D eigenvalue weighted by Crippen LogP contribution is 2.16. The van der Waals surface area contributed by atoms with E-state index in [9.17, 15) is 9.59 Å². The molecule has 0 fully saturated rings. The van der Waals surface area contributed by atoms with Gasteiger partial charge < -0.3 is 14.2 Å². The molecule has 0 radical (unpaired) electrons. The Balaban J connectivity index is 4.27. The first-order valence-electron chi connectivity index (χ1n) is 28.2. The van der Waals surface area contributed by atoms with Crippen molar-refractivity contribution in [3.8, 4) is 0 Å². The van der Waals surface area contributed by atoms with E-state index >= 15 is 0 Å². The molecule has 0 saturated heterocycles. The highest BCUT2D eigenvalue weighted by atomic mass is 16.6. The molecular weight excluding hydrogens is 789 g/mol. The number of hydrogen-bond acceptors (Lipinski definition) is 5. The van der Waals surface area contributed by atoms with Gasteiger partial charge in [-0.25, -0.2) is 0 Å². The average Bonchev–Trinajstić information content (AvgIpc) is 3.30. The lowest BCUT2D eigenvalue weighted by Crippen LogP contribution is -2.30. The molecule has 0 rings (SSSR count). The summed E-state index contributed by atoms with van der Waals surface area (Å²) in [5.41, 5.74) is 0. The highest BCUT2D eigenvalue weighted by Gasteiger charge is 2.17. The van der Waals surface area contributed by atoms with Crippen molar-refractivity contribution in [1.29, 1.82) is 0 Å². The number of carbonyl (C=O) groups is 2. The van der Waals surface area contributed by atoms with Gasteiger partial charge in [0.25, 0.3) is 0 Å². The summed E-state index contributed by atoms with van der Waals surface area (Å²) >= 11 is 0. The summed E-state index contributed by atoms with van der Waals surface area (Å²) in [5, 5.41) is 0. The van der Waals surface area contributed by atoms with Gasteiger partial charge in [0.15, 0.2) is 6.10 Å². The number of rotatable bonds is 52. The molecule has 0 unspecified atom stereocenters. The van der Waals surface area contributed by atoms with E-state index in [0.29, 0.717) is 19.4 Å². The lowest BCUT2D eigenvalue weighted by atomic mass is 10.0. The van der Waals surface area contributed by atoms with Gasteiger partial charge in [-0.2, -0.15) is 0 Å². The van der Waals surface area contributed by atoms with Crippen LogP contribution in [-0.2, 0) is 23.8 Å². The van der Waals surface area contributed by atoms with E-state index in [2.05, 4.69) is 69.4 Å². The van der Waals surface area contributed by atoms with Gasteiger partial charge >= 0.3 is 11.9 Å². The SMILES string of the molecule is CC/C=C\C/C=C\C/C=C\CCCCCCCC(=O)OC[C@@H](COCCCCCCCCCCCCCCCCCC)OC(=O)CCCCCCCCC/C=C\CCCCCCCC. The Morgan fingerprint density at radius 3 is 1.14 bits per heavy atom. The van der Waals surface area contributed by atoms with Crippen molar-refractivity contribution in [2.24, 2.45) is 0 Å². The first-order valence-corrected chi connectivity index (χ1v) is 28.2. The summed E-state index contributed by atoms with van der Waals surface area (Å²) in [6.45, 7) is 7.74. The number of allylic oxidation sites excluding steroid dienone is 8. The molecule has 0 aromatic carbocycles. The second-order valence-corrected chi connectivity index (χ2v) is 18.8. The Morgan fingerprint density at radius 2 is 0.703 bits per heavy atom. The first-order chi connectivity index (χ1) is 31.6. The molecule has 0 aromatic heterocycles. The van der Waals surface area contributed by atoms with Crippen LogP contribution in [0.5, 0.6) is 0 Å². The third-order valence-corrected chi connectivity index (χ3v) is 12.3. The maximum Gasteiger partial charge on any atom is 0.306 e. The van der Waals surface area contributed by atoms with Crippen molar-refractivity contribution in [3.05, 3.63) is 48.6 Å². The van der Waals surface area contributed by atoms with E-state index in [1.807, 2.05) is 0 Å². The average molecular weight is 898 g/mol. The van der Waals surface area contributed by atoms with E-state index in [-0.39, 0.29) is 25.2 Å². The molecule has 0 spiro atoms. The quantitative estimate of drug-likeness (QED) is 0.0346. The number of ether oxygens (including phenoxy) is 3. The van der Waals surface area contributed by atoms with Gasteiger partial charge in [-0.05, 0) is 77.0 Å². The van der Waals surface area contributed by atoms with Crippen LogP contribution in [0.2, 0.25) is 0 Å². The van der Waals surface area contributed by atoms with Crippen molar-refractivity contribution in [3.63, 3.8) is 0 Å². The molecule has 5 heteroatoms. The van der Waals surface area contributed by atoms with E-state index in [1.54, 1.807) is 0 Å². The summed E-state index contributed by atoms with van der Waals surface area (Å²) < 4.78 is 17.5. The third kappa shape index (κ3) is 52.5. The zero-order valence-electron chi connectivity index (χ0n) is 43.1. The molecule has 0 aliphatic heterocycles. The Labute approximate surface area is 399 Å². The maximum atomic E-state index is 12.8. The highest BCUT2D eigenvalue weighted by molar-refractivity contribution is 5.70. The van der Waals surface area contributed by atoms with Gasteiger partial charge in [0.2, 0.25) is 0 Å². The first kappa shape index (κ1) is 61.9. The van der Waals surface area contributed by atoms with Crippen LogP contribution in [0.15, 0.2) is 48.6 Å². The minimum Gasteiger partial charge on any atom is -0.462 e. The minimum atomic E-state index is -0.543. The fourth-order valence-corrected chi connectivity index (χ4v) is 8.17. The van der Waals surface area contributed by atoms with Crippen LogP contribution >= 0.6 is 0 Å². The molecule has 374 valence electrons. The molecule has 64 heavy (non-hydrogen) atoms. The monoisotopic (exact) mass is 897 g/mol. The summed E-state index contributed by atoms with van der Waals surface area (Å²) in [6, 6.07) is 0. The van der Waals surface area contributed by atoms with Gasteiger partial charge in [-0.1, -0.05) is 249 Å². The van der Waals surface area contributed by atoms with Crippen molar-refractivity contribution in [2.75, 3.05) is 19.8 Å². The second-order valence-electron chi connectivity index (χ2n) is 18.8. The molecule has 0 heterocycles. The summed E-state index contributed by atoms with van der Waals surface area (Å²) in [7, 11) is 0. The molecule has 0 aromatic rings. The lowest BCUT2D eigenvalue weighted by molar-refractivity contribution is -0.163. The number of esters is 2. The van der Waals surface area contributed by atoms with Crippen LogP contribution in [-0.4, -0.2) is 37.9 Å². The van der Waals surface area contributed by atoms with Crippen molar-refractivity contribution >= 4 is 11.9 Å². The molecule has 0 saturated carbocycles. The number of hydrogen-bond donors (Lipinski definition) is 0. The minimum absolute atomic E-state index is 0.0781. The van der Waals surface area contributed by atoms with Crippen molar-refractivity contribution in [1.82, 2.24) is 0 Å². The van der Waals surface area contributed by atoms with Gasteiger partial charge in [-0.15, -0.1) is 0 Å². The van der Waals surface area contributed by atoms with Crippen LogP contribution < -0.4 is 0 Å². The van der Waals surface area contributed by atoms with Gasteiger partial charge in [0.05, 0.1) is 6.61 Å². The predicted octanol–water partition coefficient (Wildman–Crippen LogP) is 19.1. The summed E-state index contributed by atoms with van der Waals surface area (Å²) in [6.07, 6.45) is 68.4. The molecule has 0 aliphatic rings. The molecule has 0 bridgehead atoms. The number of unbranched alkanes of at least 4 members (excludes halogenated alkanes) is 33. The normalized spacial score (nSPS) is 12.5. The van der Waals surface area contributed by atoms with Crippen molar-refractivity contribution < 1.29 is 23.8 Å². The van der Waals surface area contributed by atoms with Gasteiger partial charge in [0.1, 0.15) is 6.61 Å². The lowest BCUT2D eigenvalue weighted by Gasteiger charge is -2.18. The van der Waals surface area contributed by atoms with Crippen LogP contribution in [0.4, 0.5) is 0 Å². The maximum absolute atomic E-state index is 12.8. The van der Waals surface area contributed by atoms with Crippen LogP contribution in [0.25, 0.3) is 0 Å². The number of carbonyl (C=O) groups excluding carboxylic acids is 2. The smallest absolute Gasteiger partial charge is 0.306 e. The second kappa shape index (κ2) is 55.2. The molecule has 0 aliphatic carbocycles. The third-order valence-electron chi connectivity index (χ3n) is 12.3. The van der Waals surface area contributed by atoms with Crippen LogP contribution in [0.1, 0.15) is 290 Å². The van der Waals surface area contributed by atoms with Crippen LogP contribution in [0.3, 0.4) is 0 Å². The van der Waals surface area contributed by atoms with Gasteiger partial charge in [-0.3, -0.25) is 9.59 Å². The standard InChI is InChI=1S/C59H108O5/c1-4-7-10-13-16-19-22-25-28-30-32-35-38-41-44-47-50-53-59(61)64-57(55-62-54-51-48-45-42-39-36-33-29-26-23-20-17-14-11-8-5-2)56-63-58(60)52-49-46-43-40-37-34-31-27-24-21-18-15-12-9-6-3/h9,12,18,21,25,27-28,31,57H,4-8,10-11,13-17,19-20,22-24,26,29-30,32-56H2,1-3H3/b12-9-,21-18-,28-25-,31-27-/t57-/m1/s1. The molecule has 0 amide bonds. The Bertz CT molecular complexity index is 1060. The molecule has 0 N–H and O–H groups in total. The van der Waals surface area contributed by atoms with Gasteiger partial charge in [0, 0.05) is 19.4 Å². The Kier molecular flexibility index (Phi) is 53.3. The molecular formula is C59H108O5. The zero-order chi connectivity index (χ0) is 46.3. The zero-order valence-corrected chi connectivity index (χ0v) is 43.1. The molecule has 1 atom stereocenters. The summed E-state index contributed by atoms with van der Waals surface area (Å²) in [5.74, 6) is -0.407. The fraction of sp³-hybridized carbons (Fsp3) is 0.831.